The molecular formula is C15H19N3. The van der Waals surface area contributed by atoms with E-state index in [1.54, 1.807) is 0 Å². The number of hydrogen-bond donors (Lipinski definition) is 1. The topological polar surface area (TPSA) is 53.0 Å². The van der Waals surface area contributed by atoms with Crippen molar-refractivity contribution in [3.63, 3.8) is 0 Å². The van der Waals surface area contributed by atoms with Crippen molar-refractivity contribution in [3.05, 3.63) is 35.4 Å². The fourth-order valence-corrected chi connectivity index (χ4v) is 3.47. The fourth-order valence-electron chi connectivity index (χ4n) is 3.47. The first-order valence-electron chi connectivity index (χ1n) is 6.76. The maximum absolute atomic E-state index is 8.80. The third-order valence-electron chi connectivity index (χ3n) is 4.37. The van der Waals surface area contributed by atoms with E-state index in [9.17, 15) is 0 Å². The Morgan fingerprint density at radius 3 is 2.33 bits per heavy atom. The van der Waals surface area contributed by atoms with Crippen LogP contribution in [0.1, 0.15) is 36.8 Å². The van der Waals surface area contributed by atoms with E-state index in [1.807, 2.05) is 12.1 Å². The molecule has 2 bridgehead atoms. The summed E-state index contributed by atoms with van der Waals surface area (Å²) in [5, 5.41) is 8.80. The van der Waals surface area contributed by atoms with Gasteiger partial charge in [-0.1, -0.05) is 12.1 Å². The molecule has 3 rings (SSSR count). The Hall–Kier alpha value is -1.37. The number of nitriles is 1. The van der Waals surface area contributed by atoms with Crippen LogP contribution >= 0.6 is 0 Å². The lowest BCUT2D eigenvalue weighted by Crippen LogP contribution is -2.46. The SMILES string of the molecule is N#Cc1ccc(CN2C3CCC2CC(N)C3)cc1. The molecular weight excluding hydrogens is 222 g/mol. The van der Waals surface area contributed by atoms with Crippen LogP contribution in [0.4, 0.5) is 0 Å². The van der Waals surface area contributed by atoms with Crippen LogP contribution in [0.2, 0.25) is 0 Å². The molecule has 0 aromatic heterocycles. The summed E-state index contributed by atoms with van der Waals surface area (Å²) in [5.74, 6) is 0. The minimum Gasteiger partial charge on any atom is -0.328 e. The summed E-state index contributed by atoms with van der Waals surface area (Å²) in [6, 6.07) is 11.9. The smallest absolute Gasteiger partial charge is 0.0991 e. The van der Waals surface area contributed by atoms with Gasteiger partial charge in [-0.25, -0.2) is 0 Å². The minimum atomic E-state index is 0.403. The molecule has 2 unspecified atom stereocenters. The molecule has 0 aliphatic carbocycles. The highest BCUT2D eigenvalue weighted by Gasteiger charge is 2.39. The molecule has 18 heavy (non-hydrogen) atoms. The lowest BCUT2D eigenvalue weighted by Gasteiger charge is -2.37. The summed E-state index contributed by atoms with van der Waals surface area (Å²) in [6.45, 7) is 1.01. The molecule has 1 aromatic carbocycles. The molecule has 3 nitrogen and oxygen atoms in total. The molecule has 0 amide bonds. The van der Waals surface area contributed by atoms with E-state index >= 15 is 0 Å². The first kappa shape index (κ1) is 11.7. The number of nitrogens with zero attached hydrogens (tertiary/aromatic N) is 2. The molecule has 0 saturated carbocycles. The Kier molecular flexibility index (Phi) is 3.07. The van der Waals surface area contributed by atoms with E-state index in [4.69, 9.17) is 11.0 Å². The molecule has 1 aromatic rings. The maximum atomic E-state index is 8.80. The van der Waals surface area contributed by atoms with E-state index in [0.717, 1.165) is 24.9 Å². The average molecular weight is 241 g/mol. The Morgan fingerprint density at radius 2 is 1.78 bits per heavy atom. The van der Waals surface area contributed by atoms with Crippen LogP contribution < -0.4 is 5.73 Å². The highest BCUT2D eigenvalue weighted by molar-refractivity contribution is 5.31. The van der Waals surface area contributed by atoms with E-state index in [0.29, 0.717) is 18.1 Å². The first-order chi connectivity index (χ1) is 8.76. The van der Waals surface area contributed by atoms with Crippen molar-refractivity contribution < 1.29 is 0 Å². The van der Waals surface area contributed by atoms with Crippen LogP contribution in [0.25, 0.3) is 0 Å². The normalized spacial score (nSPS) is 31.2. The van der Waals surface area contributed by atoms with Crippen LogP contribution in [0.5, 0.6) is 0 Å². The van der Waals surface area contributed by atoms with Gasteiger partial charge in [0.25, 0.3) is 0 Å². The molecule has 0 spiro atoms. The van der Waals surface area contributed by atoms with E-state index < -0.39 is 0 Å². The number of rotatable bonds is 2. The monoisotopic (exact) mass is 241 g/mol. The van der Waals surface area contributed by atoms with Crippen molar-refractivity contribution in [1.82, 2.24) is 4.90 Å². The molecule has 2 aliphatic rings. The van der Waals surface area contributed by atoms with Crippen LogP contribution in [0.15, 0.2) is 24.3 Å². The number of piperidine rings is 1. The molecule has 2 fully saturated rings. The van der Waals surface area contributed by atoms with Gasteiger partial charge < -0.3 is 5.73 Å². The molecule has 2 aliphatic heterocycles. The predicted molar refractivity (Wildman–Crippen MR) is 70.7 cm³/mol. The van der Waals surface area contributed by atoms with E-state index in [1.165, 1.54) is 18.4 Å². The van der Waals surface area contributed by atoms with Gasteiger partial charge in [0.1, 0.15) is 0 Å². The molecule has 2 saturated heterocycles. The van der Waals surface area contributed by atoms with Crippen LogP contribution in [0.3, 0.4) is 0 Å². The van der Waals surface area contributed by atoms with Gasteiger partial charge >= 0.3 is 0 Å². The van der Waals surface area contributed by atoms with Gasteiger partial charge in [0.05, 0.1) is 11.6 Å². The van der Waals surface area contributed by atoms with Crippen molar-refractivity contribution >= 4 is 0 Å². The van der Waals surface area contributed by atoms with Gasteiger partial charge in [0.15, 0.2) is 0 Å². The predicted octanol–water partition coefficient (Wildman–Crippen LogP) is 2.01. The highest BCUT2D eigenvalue weighted by atomic mass is 15.2. The summed E-state index contributed by atoms with van der Waals surface area (Å²) in [4.78, 5) is 2.62. The summed E-state index contributed by atoms with van der Waals surface area (Å²) in [7, 11) is 0. The van der Waals surface area contributed by atoms with Gasteiger partial charge in [0, 0.05) is 24.7 Å². The number of hydrogen-bond acceptors (Lipinski definition) is 3. The van der Waals surface area contributed by atoms with Crippen molar-refractivity contribution in [3.8, 4) is 6.07 Å². The quantitative estimate of drug-likeness (QED) is 0.861. The molecule has 94 valence electrons. The average Bonchev–Trinajstić information content (AvgIpc) is 2.62. The summed E-state index contributed by atoms with van der Waals surface area (Å²) < 4.78 is 0. The number of fused-ring (bicyclic) bond motifs is 2. The lowest BCUT2D eigenvalue weighted by molar-refractivity contribution is 0.120. The van der Waals surface area contributed by atoms with Gasteiger partial charge in [0.2, 0.25) is 0 Å². The summed E-state index contributed by atoms with van der Waals surface area (Å²) >= 11 is 0. The highest BCUT2D eigenvalue weighted by Crippen LogP contribution is 2.36. The third kappa shape index (κ3) is 2.14. The van der Waals surface area contributed by atoms with Gasteiger partial charge in [-0.15, -0.1) is 0 Å². The van der Waals surface area contributed by atoms with Crippen molar-refractivity contribution in [2.24, 2.45) is 5.73 Å². The van der Waals surface area contributed by atoms with E-state index in [2.05, 4.69) is 23.1 Å². The lowest BCUT2D eigenvalue weighted by atomic mass is 9.97. The second-order valence-corrected chi connectivity index (χ2v) is 5.60. The van der Waals surface area contributed by atoms with Crippen LogP contribution in [-0.2, 0) is 6.54 Å². The zero-order valence-electron chi connectivity index (χ0n) is 10.5. The second kappa shape index (κ2) is 4.72. The molecule has 3 heteroatoms. The first-order valence-corrected chi connectivity index (χ1v) is 6.76. The summed E-state index contributed by atoms with van der Waals surface area (Å²) in [6.07, 6.45) is 4.89. The Bertz CT molecular complexity index is 446. The van der Waals surface area contributed by atoms with Crippen LogP contribution in [0, 0.1) is 11.3 Å². The Morgan fingerprint density at radius 1 is 1.17 bits per heavy atom. The zero-order chi connectivity index (χ0) is 12.5. The molecule has 2 atom stereocenters. The molecule has 2 heterocycles. The van der Waals surface area contributed by atoms with E-state index in [-0.39, 0.29) is 0 Å². The largest absolute Gasteiger partial charge is 0.328 e. The second-order valence-electron chi connectivity index (χ2n) is 5.60. The standard InChI is InChI=1S/C15H19N3/c16-9-11-1-3-12(4-2-11)10-18-14-5-6-15(18)8-13(17)7-14/h1-4,13-15H,5-8,10,17H2. The van der Waals surface area contributed by atoms with Crippen molar-refractivity contribution in [1.29, 1.82) is 5.26 Å². The Labute approximate surface area is 108 Å². The Balaban J connectivity index is 1.71. The van der Waals surface area contributed by atoms with Gasteiger partial charge in [-0.2, -0.15) is 5.26 Å². The number of benzene rings is 1. The summed E-state index contributed by atoms with van der Waals surface area (Å²) in [5.41, 5.74) is 8.13. The third-order valence-corrected chi connectivity index (χ3v) is 4.37. The van der Waals surface area contributed by atoms with Gasteiger partial charge in [-0.3, -0.25) is 4.90 Å². The minimum absolute atomic E-state index is 0.403. The fraction of sp³-hybridized carbons (Fsp3) is 0.533. The number of nitrogens with two attached hydrogens (primary N) is 1. The molecule has 0 radical (unpaired) electrons. The van der Waals surface area contributed by atoms with Gasteiger partial charge in [-0.05, 0) is 43.4 Å². The van der Waals surface area contributed by atoms with Crippen molar-refractivity contribution in [2.45, 2.75) is 50.4 Å². The van der Waals surface area contributed by atoms with Crippen molar-refractivity contribution in [2.75, 3.05) is 0 Å². The zero-order valence-corrected chi connectivity index (χ0v) is 10.5. The molecule has 2 N–H and O–H groups in total. The van der Waals surface area contributed by atoms with Crippen LogP contribution in [-0.4, -0.2) is 23.0 Å². The maximum Gasteiger partial charge on any atom is 0.0991 e.